The van der Waals surface area contributed by atoms with Gasteiger partial charge in [-0.1, -0.05) is 30.3 Å². The smallest absolute Gasteiger partial charge is 0.264 e. The van der Waals surface area contributed by atoms with Gasteiger partial charge in [-0.05, 0) is 48.5 Å². The van der Waals surface area contributed by atoms with Crippen LogP contribution < -0.4 is 13.3 Å². The highest BCUT2D eigenvalue weighted by Crippen LogP contribution is 2.32. The molecule has 0 radical (unpaired) electrons. The molecule has 3 aromatic carbocycles. The molecule has 8 nitrogen and oxygen atoms in total. The van der Waals surface area contributed by atoms with Crippen LogP contribution in [0.1, 0.15) is 0 Å². The van der Waals surface area contributed by atoms with E-state index in [0.717, 1.165) is 27.0 Å². The van der Waals surface area contributed by atoms with Gasteiger partial charge in [-0.2, -0.15) is 0 Å². The van der Waals surface area contributed by atoms with Gasteiger partial charge in [0.15, 0.2) is 0 Å². The Morgan fingerprint density at radius 1 is 0.853 bits per heavy atom. The Labute approximate surface area is 198 Å². The fourth-order valence-corrected chi connectivity index (χ4v) is 5.84. The summed E-state index contributed by atoms with van der Waals surface area (Å²) in [5.41, 5.74) is 0.318. The van der Waals surface area contributed by atoms with Gasteiger partial charge in [-0.15, -0.1) is 0 Å². The van der Waals surface area contributed by atoms with Crippen molar-refractivity contribution < 1.29 is 31.1 Å². The van der Waals surface area contributed by atoms with Gasteiger partial charge in [-0.25, -0.2) is 21.2 Å². The molecule has 0 amide bonds. The zero-order valence-electron chi connectivity index (χ0n) is 18.6. The van der Waals surface area contributed by atoms with Crippen LogP contribution in [0.4, 0.5) is 15.8 Å². The Hall–Kier alpha value is -3.15. The molecule has 3 rings (SSSR count). The highest BCUT2D eigenvalue weighted by atomic mass is 32.2. The van der Waals surface area contributed by atoms with E-state index in [4.69, 9.17) is 4.74 Å². The summed E-state index contributed by atoms with van der Waals surface area (Å²) < 4.78 is 72.4. The topological polar surface area (TPSA) is 104 Å². The van der Waals surface area contributed by atoms with Gasteiger partial charge in [0.25, 0.3) is 10.0 Å². The van der Waals surface area contributed by atoms with E-state index in [9.17, 15) is 26.3 Å². The summed E-state index contributed by atoms with van der Waals surface area (Å²) in [4.78, 5) is -0.00777. The summed E-state index contributed by atoms with van der Waals surface area (Å²) in [5.74, 6) is -0.290. The zero-order chi connectivity index (χ0) is 24.9. The van der Waals surface area contributed by atoms with Crippen molar-refractivity contribution in [1.29, 1.82) is 0 Å². The predicted molar refractivity (Wildman–Crippen MR) is 129 cm³/mol. The average Bonchev–Trinajstić information content (AvgIpc) is 2.81. The molecule has 0 aliphatic heterocycles. The highest BCUT2D eigenvalue weighted by Gasteiger charge is 2.31. The minimum Gasteiger partial charge on any atom is -0.495 e. The maximum Gasteiger partial charge on any atom is 0.264 e. The lowest BCUT2D eigenvalue weighted by atomic mass is 10.2. The molecule has 0 spiro atoms. The lowest BCUT2D eigenvalue weighted by Gasteiger charge is -2.30. The quantitative estimate of drug-likeness (QED) is 0.452. The minimum absolute atomic E-state index is 0.00777. The first-order valence-corrected chi connectivity index (χ1v) is 13.4. The molecule has 1 atom stereocenters. The third kappa shape index (κ3) is 5.85. The molecule has 0 aliphatic rings. The van der Waals surface area contributed by atoms with Gasteiger partial charge in [-0.3, -0.25) is 8.61 Å². The largest absolute Gasteiger partial charge is 0.495 e. The van der Waals surface area contributed by atoms with Crippen LogP contribution in [0.15, 0.2) is 83.8 Å². The number of hydrogen-bond acceptors (Lipinski definition) is 6. The molecule has 0 saturated heterocycles. The Bertz CT molecular complexity index is 1320. The van der Waals surface area contributed by atoms with Gasteiger partial charge >= 0.3 is 0 Å². The second-order valence-electron chi connectivity index (χ2n) is 7.45. The summed E-state index contributed by atoms with van der Waals surface area (Å²) in [6.45, 7) is -0.925. The summed E-state index contributed by atoms with van der Waals surface area (Å²) in [6, 6.07) is 18.8. The number of anilines is 2. The lowest BCUT2D eigenvalue weighted by Crippen LogP contribution is -2.44. The highest BCUT2D eigenvalue weighted by molar-refractivity contribution is 7.93. The zero-order valence-corrected chi connectivity index (χ0v) is 20.2. The van der Waals surface area contributed by atoms with Crippen molar-refractivity contribution >= 4 is 31.4 Å². The SMILES string of the molecule is COc1ccccc1N(C[C@@H](O)CN(c1ccc(F)cc1)S(C)(=O)=O)S(=O)(=O)c1ccccc1. The molecule has 0 fully saturated rings. The fraction of sp³-hybridized carbons (Fsp3) is 0.217. The summed E-state index contributed by atoms with van der Waals surface area (Å²) in [7, 11) is -6.62. The first-order valence-electron chi connectivity index (χ1n) is 10.2. The average molecular weight is 509 g/mol. The number of ether oxygens (including phenoxy) is 1. The van der Waals surface area contributed by atoms with Crippen LogP contribution in [-0.2, 0) is 20.0 Å². The van der Waals surface area contributed by atoms with Crippen LogP contribution in [0.25, 0.3) is 0 Å². The standard InChI is InChI=1S/C23H25FN2O6S2/c1-32-23-11-7-6-10-22(23)26(34(30,31)21-8-4-3-5-9-21)17-20(27)16-25(33(2,28)29)19-14-12-18(24)13-15-19/h3-15,20,27H,16-17H2,1-2H3/t20-/m0/s1. The molecule has 0 unspecified atom stereocenters. The van der Waals surface area contributed by atoms with E-state index in [0.29, 0.717) is 0 Å². The van der Waals surface area contributed by atoms with Crippen molar-refractivity contribution in [3.8, 4) is 5.75 Å². The molecule has 182 valence electrons. The van der Waals surface area contributed by atoms with Crippen LogP contribution in [0.3, 0.4) is 0 Å². The fourth-order valence-electron chi connectivity index (χ4n) is 3.36. The summed E-state index contributed by atoms with van der Waals surface area (Å²) in [5, 5.41) is 10.9. The van der Waals surface area contributed by atoms with Crippen molar-refractivity contribution in [2.75, 3.05) is 35.1 Å². The molecule has 3 aromatic rings. The first kappa shape index (κ1) is 25.5. The van der Waals surface area contributed by atoms with Gasteiger partial charge in [0.2, 0.25) is 10.0 Å². The monoisotopic (exact) mass is 508 g/mol. The normalized spacial score (nSPS) is 12.7. The third-order valence-corrected chi connectivity index (χ3v) is 7.91. The number of para-hydroxylation sites is 2. The van der Waals surface area contributed by atoms with Gasteiger partial charge in [0.1, 0.15) is 11.6 Å². The van der Waals surface area contributed by atoms with E-state index in [1.54, 1.807) is 36.4 Å². The Kier molecular flexibility index (Phi) is 7.80. The maximum absolute atomic E-state index is 13.5. The molecule has 0 heterocycles. The van der Waals surface area contributed by atoms with Gasteiger partial charge in [0.05, 0.1) is 48.8 Å². The van der Waals surface area contributed by atoms with Crippen LogP contribution in [-0.4, -0.2) is 54.5 Å². The lowest BCUT2D eigenvalue weighted by molar-refractivity contribution is 0.193. The second kappa shape index (κ2) is 10.4. The molecule has 34 heavy (non-hydrogen) atoms. The van der Waals surface area contributed by atoms with Gasteiger partial charge < -0.3 is 9.84 Å². The number of sulfonamides is 2. The van der Waals surface area contributed by atoms with Crippen molar-refractivity contribution in [3.05, 3.63) is 84.7 Å². The Morgan fingerprint density at radius 2 is 1.41 bits per heavy atom. The number of nitrogens with zero attached hydrogens (tertiary/aromatic N) is 2. The number of halogens is 1. The van der Waals surface area contributed by atoms with Crippen LogP contribution in [0, 0.1) is 5.82 Å². The molecule has 11 heteroatoms. The van der Waals surface area contributed by atoms with E-state index in [2.05, 4.69) is 0 Å². The van der Waals surface area contributed by atoms with Crippen molar-refractivity contribution in [3.63, 3.8) is 0 Å². The number of methoxy groups -OCH3 is 1. The number of aliphatic hydroxyl groups is 1. The number of benzene rings is 3. The number of aliphatic hydroxyl groups excluding tert-OH is 1. The maximum atomic E-state index is 13.5. The van der Waals surface area contributed by atoms with Gasteiger partial charge in [0, 0.05) is 0 Å². The van der Waals surface area contributed by atoms with Crippen LogP contribution in [0.5, 0.6) is 5.75 Å². The van der Waals surface area contributed by atoms with Crippen molar-refractivity contribution in [2.45, 2.75) is 11.0 Å². The predicted octanol–water partition coefficient (Wildman–Crippen LogP) is 2.86. The minimum atomic E-state index is -4.15. The molecule has 0 aromatic heterocycles. The van der Waals surface area contributed by atoms with Crippen LogP contribution in [0.2, 0.25) is 0 Å². The number of hydrogen-bond donors (Lipinski definition) is 1. The Morgan fingerprint density at radius 3 is 2.00 bits per heavy atom. The first-order chi connectivity index (χ1) is 16.0. The molecular formula is C23H25FN2O6S2. The van der Waals surface area contributed by atoms with E-state index in [-0.39, 0.29) is 22.0 Å². The van der Waals surface area contributed by atoms with E-state index < -0.39 is 45.1 Å². The molecule has 0 aliphatic carbocycles. The summed E-state index contributed by atoms with van der Waals surface area (Å²) >= 11 is 0. The number of rotatable bonds is 10. The second-order valence-corrected chi connectivity index (χ2v) is 11.2. The Balaban J connectivity index is 1.99. The summed E-state index contributed by atoms with van der Waals surface area (Å²) in [6.07, 6.45) is -0.495. The van der Waals surface area contributed by atoms with E-state index in [1.165, 1.54) is 37.4 Å². The van der Waals surface area contributed by atoms with Crippen molar-refractivity contribution in [2.24, 2.45) is 0 Å². The molecule has 0 bridgehead atoms. The molecule has 1 N–H and O–H groups in total. The van der Waals surface area contributed by atoms with Crippen LogP contribution >= 0.6 is 0 Å². The van der Waals surface area contributed by atoms with E-state index in [1.807, 2.05) is 0 Å². The van der Waals surface area contributed by atoms with Crippen molar-refractivity contribution in [1.82, 2.24) is 0 Å². The molecular weight excluding hydrogens is 483 g/mol. The van der Waals surface area contributed by atoms with E-state index >= 15 is 0 Å². The third-order valence-electron chi connectivity index (χ3n) is 4.95. The molecule has 0 saturated carbocycles.